The van der Waals surface area contributed by atoms with Crippen LogP contribution in [0.25, 0.3) is 27.4 Å². The van der Waals surface area contributed by atoms with Gasteiger partial charge >= 0.3 is 0 Å². The second-order valence-corrected chi connectivity index (χ2v) is 10.3. The Kier molecular flexibility index (Phi) is 3.66. The largest absolute Gasteiger partial charge is 0.273 e. The van der Waals surface area contributed by atoms with E-state index in [1.165, 1.54) is 22.2 Å². The molecule has 26 heavy (non-hydrogen) atoms. The molecule has 8 heteroatoms. The minimum atomic E-state index is 0.343. The molecule has 0 fully saturated rings. The van der Waals surface area contributed by atoms with Gasteiger partial charge in [0.25, 0.3) is 0 Å². The molecule has 4 aromatic heterocycles. The molecule has 0 spiro atoms. The summed E-state index contributed by atoms with van der Waals surface area (Å²) in [4.78, 5) is 12.1. The SMILES string of the molecule is CC(C)(C)C1CCc2c(sc3ncn4nc(-c5[nH]ncc5I)nc4c23)C1. The zero-order valence-electron chi connectivity index (χ0n) is 14.9. The van der Waals surface area contributed by atoms with Crippen molar-refractivity contribution in [1.82, 2.24) is 29.8 Å². The summed E-state index contributed by atoms with van der Waals surface area (Å²) >= 11 is 4.08. The van der Waals surface area contributed by atoms with E-state index in [9.17, 15) is 0 Å². The molecule has 0 aliphatic heterocycles. The van der Waals surface area contributed by atoms with Crippen molar-refractivity contribution >= 4 is 49.8 Å². The zero-order chi connectivity index (χ0) is 18.1. The van der Waals surface area contributed by atoms with E-state index in [1.807, 2.05) is 11.3 Å². The van der Waals surface area contributed by atoms with E-state index in [-0.39, 0.29) is 0 Å². The van der Waals surface area contributed by atoms with Crippen molar-refractivity contribution in [1.29, 1.82) is 0 Å². The maximum absolute atomic E-state index is 4.83. The normalized spacial score (nSPS) is 17.9. The molecule has 5 rings (SSSR count). The second-order valence-electron chi connectivity index (χ2n) is 8.03. The molecule has 0 saturated heterocycles. The molecule has 0 amide bonds. The number of nitrogens with zero attached hydrogens (tertiary/aromatic N) is 5. The third-order valence-corrected chi connectivity index (χ3v) is 7.41. The van der Waals surface area contributed by atoms with Crippen LogP contribution in [0.15, 0.2) is 12.5 Å². The molecule has 0 aromatic carbocycles. The summed E-state index contributed by atoms with van der Waals surface area (Å²) in [6.45, 7) is 7.05. The van der Waals surface area contributed by atoms with E-state index in [4.69, 9.17) is 4.98 Å². The molecule has 1 aliphatic carbocycles. The number of thiophene rings is 1. The van der Waals surface area contributed by atoms with Gasteiger partial charge in [0.05, 0.1) is 15.2 Å². The minimum Gasteiger partial charge on any atom is -0.273 e. The first-order valence-electron chi connectivity index (χ1n) is 8.76. The van der Waals surface area contributed by atoms with E-state index in [2.05, 4.69) is 63.6 Å². The standard InChI is InChI=1S/C18H19IN6S/c1-18(2,3)9-4-5-10-12(6-9)26-17-13(10)16-22-15(24-25(16)8-20-17)14-11(19)7-21-23-14/h7-9H,4-6H2,1-3H3,(H,21,23). The summed E-state index contributed by atoms with van der Waals surface area (Å²) in [5.41, 5.74) is 3.54. The van der Waals surface area contributed by atoms with Crippen LogP contribution in [0.3, 0.4) is 0 Å². The highest BCUT2D eigenvalue weighted by atomic mass is 127. The van der Waals surface area contributed by atoms with E-state index in [0.717, 1.165) is 38.5 Å². The minimum absolute atomic E-state index is 0.343. The topological polar surface area (TPSA) is 71.8 Å². The Morgan fingerprint density at radius 1 is 1.35 bits per heavy atom. The van der Waals surface area contributed by atoms with Crippen LogP contribution in [0.5, 0.6) is 0 Å². The van der Waals surface area contributed by atoms with Crippen LogP contribution < -0.4 is 0 Å². The summed E-state index contributed by atoms with van der Waals surface area (Å²) in [6.07, 6.45) is 7.03. The number of hydrogen-bond acceptors (Lipinski definition) is 5. The molecule has 1 unspecified atom stereocenters. The van der Waals surface area contributed by atoms with Gasteiger partial charge in [-0.1, -0.05) is 20.8 Å². The van der Waals surface area contributed by atoms with Crippen LogP contribution in [-0.2, 0) is 12.8 Å². The molecular formula is C18H19IN6S. The Morgan fingerprint density at radius 2 is 2.19 bits per heavy atom. The highest BCUT2D eigenvalue weighted by Crippen LogP contribution is 2.43. The quantitative estimate of drug-likeness (QED) is 0.410. The summed E-state index contributed by atoms with van der Waals surface area (Å²) in [6, 6.07) is 0. The van der Waals surface area contributed by atoms with E-state index < -0.39 is 0 Å². The first kappa shape index (κ1) is 16.6. The lowest BCUT2D eigenvalue weighted by molar-refractivity contribution is 0.218. The summed E-state index contributed by atoms with van der Waals surface area (Å²) in [7, 11) is 0. The van der Waals surface area contributed by atoms with Crippen LogP contribution in [0, 0.1) is 14.9 Å². The lowest BCUT2D eigenvalue weighted by Gasteiger charge is -2.33. The Balaban J connectivity index is 1.68. The number of nitrogens with one attached hydrogen (secondary N) is 1. The Labute approximate surface area is 168 Å². The number of halogens is 1. The van der Waals surface area contributed by atoms with Gasteiger partial charge in [-0.2, -0.15) is 5.10 Å². The van der Waals surface area contributed by atoms with Crippen molar-refractivity contribution in [2.45, 2.75) is 40.0 Å². The van der Waals surface area contributed by atoms with E-state index in [1.54, 1.807) is 17.0 Å². The maximum Gasteiger partial charge on any atom is 0.201 e. The Hall–Kier alpha value is -1.55. The fourth-order valence-electron chi connectivity index (χ4n) is 3.85. The molecule has 6 nitrogen and oxygen atoms in total. The molecule has 1 atom stereocenters. The maximum atomic E-state index is 4.83. The van der Waals surface area contributed by atoms with Crippen molar-refractivity contribution < 1.29 is 0 Å². The molecule has 4 heterocycles. The number of fused-ring (bicyclic) bond motifs is 5. The highest BCUT2D eigenvalue weighted by molar-refractivity contribution is 14.1. The molecule has 134 valence electrons. The fraction of sp³-hybridized carbons (Fsp3) is 0.444. The van der Waals surface area contributed by atoms with Crippen molar-refractivity contribution in [3.63, 3.8) is 0 Å². The predicted molar refractivity (Wildman–Crippen MR) is 111 cm³/mol. The van der Waals surface area contributed by atoms with Gasteiger partial charge in [0.15, 0.2) is 5.65 Å². The van der Waals surface area contributed by atoms with Gasteiger partial charge in [-0.15, -0.1) is 16.4 Å². The van der Waals surface area contributed by atoms with E-state index >= 15 is 0 Å². The molecule has 0 radical (unpaired) electrons. The first-order valence-corrected chi connectivity index (χ1v) is 10.7. The van der Waals surface area contributed by atoms with Crippen molar-refractivity contribution in [3.05, 3.63) is 26.5 Å². The van der Waals surface area contributed by atoms with Gasteiger partial charge in [-0.05, 0) is 58.7 Å². The van der Waals surface area contributed by atoms with Crippen LogP contribution in [0.1, 0.15) is 37.6 Å². The Morgan fingerprint density at radius 3 is 2.92 bits per heavy atom. The number of hydrogen-bond donors (Lipinski definition) is 1. The molecule has 0 saturated carbocycles. The lowest BCUT2D eigenvalue weighted by Crippen LogP contribution is -2.26. The predicted octanol–water partition coefficient (Wildman–Crippen LogP) is 4.48. The number of rotatable bonds is 1. The number of aromatic nitrogens is 6. The van der Waals surface area contributed by atoms with Gasteiger partial charge in [0, 0.05) is 4.88 Å². The van der Waals surface area contributed by atoms with Crippen LogP contribution in [0.4, 0.5) is 0 Å². The van der Waals surface area contributed by atoms with Crippen LogP contribution in [0.2, 0.25) is 0 Å². The van der Waals surface area contributed by atoms with Gasteiger partial charge in [-0.25, -0.2) is 14.5 Å². The van der Waals surface area contributed by atoms with Crippen molar-refractivity contribution in [3.8, 4) is 11.5 Å². The van der Waals surface area contributed by atoms with E-state index in [0.29, 0.717) is 11.2 Å². The molecular weight excluding hydrogens is 459 g/mol. The van der Waals surface area contributed by atoms with Crippen molar-refractivity contribution in [2.24, 2.45) is 11.3 Å². The van der Waals surface area contributed by atoms with Gasteiger partial charge < -0.3 is 0 Å². The zero-order valence-corrected chi connectivity index (χ0v) is 17.8. The third kappa shape index (κ3) is 2.49. The number of H-pyrrole nitrogens is 1. The second kappa shape index (κ2) is 5.72. The average Bonchev–Trinajstić information content (AvgIpc) is 3.27. The summed E-state index contributed by atoms with van der Waals surface area (Å²) in [5, 5.41) is 12.9. The fourth-order valence-corrected chi connectivity index (χ4v) is 5.61. The smallest absolute Gasteiger partial charge is 0.201 e. The highest BCUT2D eigenvalue weighted by Gasteiger charge is 2.31. The summed E-state index contributed by atoms with van der Waals surface area (Å²) < 4.78 is 2.82. The molecule has 1 N–H and O–H groups in total. The van der Waals surface area contributed by atoms with Gasteiger partial charge in [-0.3, -0.25) is 5.10 Å². The molecule has 4 aromatic rings. The molecule has 0 bridgehead atoms. The van der Waals surface area contributed by atoms with Crippen LogP contribution >= 0.6 is 33.9 Å². The monoisotopic (exact) mass is 478 g/mol. The number of aromatic amines is 1. The van der Waals surface area contributed by atoms with Crippen LogP contribution in [-0.4, -0.2) is 29.8 Å². The van der Waals surface area contributed by atoms with Gasteiger partial charge in [0.2, 0.25) is 5.82 Å². The summed E-state index contributed by atoms with van der Waals surface area (Å²) in [5.74, 6) is 1.39. The van der Waals surface area contributed by atoms with Crippen molar-refractivity contribution in [2.75, 3.05) is 0 Å². The molecule has 1 aliphatic rings. The number of aryl methyl sites for hydroxylation is 1. The third-order valence-electron chi connectivity index (χ3n) is 5.43. The lowest BCUT2D eigenvalue weighted by atomic mass is 9.72. The first-order chi connectivity index (χ1) is 12.4. The van der Waals surface area contributed by atoms with Gasteiger partial charge in [0.1, 0.15) is 16.9 Å². The average molecular weight is 478 g/mol. The Bertz CT molecular complexity index is 1130.